The van der Waals surface area contributed by atoms with Crippen molar-refractivity contribution in [3.05, 3.63) is 10.2 Å². The van der Waals surface area contributed by atoms with Crippen LogP contribution in [0.1, 0.15) is 61.3 Å². The van der Waals surface area contributed by atoms with Crippen LogP contribution < -0.4 is 0 Å². The predicted octanol–water partition coefficient (Wildman–Crippen LogP) is 5.61. The molecule has 0 aliphatic carbocycles. The van der Waals surface area contributed by atoms with Crippen LogP contribution >= 0.6 is 0 Å². The van der Waals surface area contributed by atoms with Crippen LogP contribution in [0, 0.1) is 0 Å². The van der Waals surface area contributed by atoms with E-state index in [0.717, 1.165) is 6.61 Å². The molecule has 0 atom stereocenters. The Kier molecular flexibility index (Phi) is 10.8. The van der Waals surface area contributed by atoms with Crippen LogP contribution in [-0.2, 0) is 4.43 Å². The van der Waals surface area contributed by atoms with Crippen LogP contribution in [0.3, 0.4) is 0 Å². The van der Waals surface area contributed by atoms with E-state index in [0.29, 0.717) is 16.6 Å². The predicted molar refractivity (Wildman–Crippen MR) is 91.6 cm³/mol. The molecule has 0 unspecified atom stereocenters. The second-order valence-electron chi connectivity index (χ2n) is 6.22. The molecule has 0 amide bonds. The first-order valence-electron chi connectivity index (χ1n) is 7.80. The summed E-state index contributed by atoms with van der Waals surface area (Å²) in [6, 6.07) is 0. The average molecular weight is 398 g/mol. The van der Waals surface area contributed by atoms with Crippen LogP contribution in [0.5, 0.6) is 0 Å². The topological polar surface area (TPSA) is 9.23 Å². The summed E-state index contributed by atoms with van der Waals surface area (Å²) in [6.07, 6.45) is 5.03. The van der Waals surface area contributed by atoms with Gasteiger partial charge in [0.25, 0.3) is 0 Å². The first kappa shape index (κ1) is 19.7. The monoisotopic (exact) mass is 400 g/mol. The summed E-state index contributed by atoms with van der Waals surface area (Å²) in [5.41, 5.74) is 2.08. The molecule has 0 fully saturated rings. The van der Waals surface area contributed by atoms with Crippen molar-refractivity contribution in [3.63, 3.8) is 0 Å². The molecule has 0 spiro atoms. The van der Waals surface area contributed by atoms with Crippen molar-refractivity contribution in [1.82, 2.24) is 0 Å². The normalized spacial score (nSPS) is 13.4. The van der Waals surface area contributed by atoms with Gasteiger partial charge in [-0.2, -0.15) is 0 Å². The Balaban J connectivity index is 4.36. The van der Waals surface area contributed by atoms with E-state index in [4.69, 9.17) is 4.43 Å². The third-order valence-electron chi connectivity index (χ3n) is 3.94. The SMILES string of the molecule is CCCC[Te]/C=C\CO[Si](C(C)C)(C(C)C)C(C)C. The van der Waals surface area contributed by atoms with Crippen molar-refractivity contribution in [2.45, 2.75) is 82.4 Å². The van der Waals surface area contributed by atoms with E-state index in [2.05, 4.69) is 58.7 Å². The van der Waals surface area contributed by atoms with Gasteiger partial charge in [0.1, 0.15) is 0 Å². The van der Waals surface area contributed by atoms with Gasteiger partial charge in [0, 0.05) is 0 Å². The van der Waals surface area contributed by atoms with Gasteiger partial charge in [-0.05, 0) is 0 Å². The van der Waals surface area contributed by atoms with Crippen LogP contribution in [0.4, 0.5) is 0 Å². The van der Waals surface area contributed by atoms with E-state index in [1.54, 1.807) is 0 Å². The first-order chi connectivity index (χ1) is 8.89. The van der Waals surface area contributed by atoms with Gasteiger partial charge in [-0.1, -0.05) is 0 Å². The van der Waals surface area contributed by atoms with Gasteiger partial charge < -0.3 is 0 Å². The quantitative estimate of drug-likeness (QED) is 0.343. The summed E-state index contributed by atoms with van der Waals surface area (Å²) in [4.78, 5) is 0. The van der Waals surface area contributed by atoms with E-state index < -0.39 is 8.32 Å². The maximum atomic E-state index is 6.49. The summed E-state index contributed by atoms with van der Waals surface area (Å²) in [7, 11) is -1.64. The van der Waals surface area contributed by atoms with E-state index in [-0.39, 0.29) is 20.9 Å². The third kappa shape index (κ3) is 6.34. The zero-order valence-electron chi connectivity index (χ0n) is 14.0. The van der Waals surface area contributed by atoms with Gasteiger partial charge in [0.2, 0.25) is 0 Å². The van der Waals surface area contributed by atoms with Gasteiger partial charge in [-0.25, -0.2) is 0 Å². The molecule has 0 bridgehead atoms. The molecule has 0 aliphatic heterocycles. The van der Waals surface area contributed by atoms with Crippen molar-refractivity contribution < 1.29 is 4.43 Å². The molecular formula is C16H34OSiTe. The average Bonchev–Trinajstić information content (AvgIpc) is 2.31. The molecular weight excluding hydrogens is 364 g/mol. The van der Waals surface area contributed by atoms with Gasteiger partial charge in [0.05, 0.1) is 0 Å². The third-order valence-corrected chi connectivity index (χ3v) is 12.6. The molecule has 0 aromatic carbocycles. The maximum absolute atomic E-state index is 6.49. The van der Waals surface area contributed by atoms with Gasteiger partial charge >= 0.3 is 133 Å². The fraction of sp³-hybridized carbons (Fsp3) is 0.875. The van der Waals surface area contributed by atoms with Crippen LogP contribution in [-0.4, -0.2) is 35.8 Å². The Morgan fingerprint density at radius 1 is 1.00 bits per heavy atom. The molecule has 1 nitrogen and oxygen atoms in total. The molecule has 19 heavy (non-hydrogen) atoms. The first-order valence-corrected chi connectivity index (χ1v) is 12.9. The number of hydrogen-bond acceptors (Lipinski definition) is 1. The molecule has 0 N–H and O–H groups in total. The molecule has 0 aromatic rings. The zero-order valence-corrected chi connectivity index (χ0v) is 17.4. The minimum atomic E-state index is -1.64. The van der Waals surface area contributed by atoms with Gasteiger partial charge in [-0.15, -0.1) is 0 Å². The zero-order chi connectivity index (χ0) is 14.9. The van der Waals surface area contributed by atoms with Crippen LogP contribution in [0.25, 0.3) is 0 Å². The Morgan fingerprint density at radius 3 is 1.95 bits per heavy atom. The van der Waals surface area contributed by atoms with Crippen molar-refractivity contribution in [1.29, 1.82) is 0 Å². The van der Waals surface area contributed by atoms with E-state index in [1.807, 2.05) is 0 Å². The Morgan fingerprint density at radius 2 is 1.53 bits per heavy atom. The number of rotatable bonds is 10. The minimum absolute atomic E-state index is 0.108. The van der Waals surface area contributed by atoms with E-state index >= 15 is 0 Å². The Hall–Kier alpha value is 0.706. The Labute approximate surface area is 132 Å². The van der Waals surface area contributed by atoms with Crippen molar-refractivity contribution in [2.24, 2.45) is 0 Å². The van der Waals surface area contributed by atoms with Crippen molar-refractivity contribution >= 4 is 29.2 Å². The summed E-state index contributed by atoms with van der Waals surface area (Å²) in [6.45, 7) is 17.2. The fourth-order valence-electron chi connectivity index (χ4n) is 3.10. The molecule has 0 radical (unpaired) electrons. The summed E-state index contributed by atoms with van der Waals surface area (Å²) in [5.74, 6) is 0. The molecule has 0 saturated carbocycles. The van der Waals surface area contributed by atoms with E-state index in [1.165, 1.54) is 17.3 Å². The van der Waals surface area contributed by atoms with Gasteiger partial charge in [-0.3, -0.25) is 0 Å². The van der Waals surface area contributed by atoms with Crippen molar-refractivity contribution in [2.75, 3.05) is 6.61 Å². The second-order valence-corrected chi connectivity index (χ2v) is 14.6. The molecule has 0 aliphatic rings. The number of unbranched alkanes of at least 4 members (excludes halogenated alkanes) is 1. The summed E-state index contributed by atoms with van der Waals surface area (Å²) >= 11 is 0.108. The fourth-order valence-corrected chi connectivity index (χ4v) is 10.8. The molecule has 114 valence electrons. The van der Waals surface area contributed by atoms with Crippen molar-refractivity contribution in [3.8, 4) is 0 Å². The molecule has 0 rings (SSSR count). The summed E-state index contributed by atoms with van der Waals surface area (Å²) in [5, 5.41) is 0. The number of hydrogen-bond donors (Lipinski definition) is 0. The molecule has 3 heteroatoms. The van der Waals surface area contributed by atoms with Crippen LogP contribution in [0.15, 0.2) is 10.2 Å². The summed E-state index contributed by atoms with van der Waals surface area (Å²) < 4.78 is 10.4. The second kappa shape index (κ2) is 10.4. The van der Waals surface area contributed by atoms with E-state index in [9.17, 15) is 0 Å². The molecule has 0 heterocycles. The molecule has 0 aromatic heterocycles. The van der Waals surface area contributed by atoms with Gasteiger partial charge in [0.15, 0.2) is 0 Å². The Bertz CT molecular complexity index is 227. The standard InChI is InChI=1S/C16H34OSiTe/c1-8-9-12-19-13-10-11-17-18(14(2)3,15(4)5)16(6)7/h10,13-16H,8-9,11-12H2,1-7H3/b13-10-. The van der Waals surface area contributed by atoms with Crippen LogP contribution in [0.2, 0.25) is 21.1 Å². The molecule has 0 saturated heterocycles.